The third-order valence-electron chi connectivity index (χ3n) is 2.99. The van der Waals surface area contributed by atoms with Gasteiger partial charge in [-0.1, -0.05) is 35.3 Å². The van der Waals surface area contributed by atoms with Crippen LogP contribution in [0, 0.1) is 10.1 Å². The van der Waals surface area contributed by atoms with Crippen molar-refractivity contribution in [1.29, 1.82) is 0 Å². The molecule has 1 heterocycles. The van der Waals surface area contributed by atoms with Crippen molar-refractivity contribution in [2.75, 3.05) is 7.05 Å². The highest BCUT2D eigenvalue weighted by molar-refractivity contribution is 7.20. The van der Waals surface area contributed by atoms with Crippen LogP contribution in [0.5, 0.6) is 0 Å². The van der Waals surface area contributed by atoms with E-state index < -0.39 is 4.92 Å². The van der Waals surface area contributed by atoms with Crippen LogP contribution >= 0.6 is 34.5 Å². The van der Waals surface area contributed by atoms with E-state index in [4.69, 9.17) is 23.2 Å². The zero-order valence-electron chi connectivity index (χ0n) is 10.6. The SMILES string of the molecule is CNC(Cc1ccc([N+](=O)[O-])cc1)c1cc(Cl)sc1Cl. The van der Waals surface area contributed by atoms with Gasteiger partial charge in [-0.2, -0.15) is 0 Å². The van der Waals surface area contributed by atoms with E-state index in [1.807, 2.05) is 13.1 Å². The standard InChI is InChI=1S/C13H12Cl2N2O2S/c1-16-11(10-7-12(14)20-13(10)15)6-8-2-4-9(5-3-8)17(18)19/h2-5,7,11,16H,6H2,1H3. The number of halogens is 2. The van der Waals surface area contributed by atoms with E-state index in [2.05, 4.69) is 5.32 Å². The zero-order valence-corrected chi connectivity index (χ0v) is 12.9. The fourth-order valence-corrected chi connectivity index (χ4v) is 3.53. The number of nitro benzene ring substituents is 1. The molecule has 106 valence electrons. The Labute approximate surface area is 130 Å². The van der Waals surface area contributed by atoms with Gasteiger partial charge >= 0.3 is 0 Å². The van der Waals surface area contributed by atoms with Gasteiger partial charge in [-0.05, 0) is 25.1 Å². The van der Waals surface area contributed by atoms with E-state index in [-0.39, 0.29) is 11.7 Å². The number of benzene rings is 1. The van der Waals surface area contributed by atoms with E-state index in [0.717, 1.165) is 11.1 Å². The molecule has 2 rings (SSSR count). The molecule has 0 aliphatic rings. The van der Waals surface area contributed by atoms with Gasteiger partial charge in [0.05, 0.1) is 13.6 Å². The van der Waals surface area contributed by atoms with Crippen LogP contribution < -0.4 is 5.32 Å². The van der Waals surface area contributed by atoms with E-state index in [9.17, 15) is 10.1 Å². The van der Waals surface area contributed by atoms with E-state index in [0.29, 0.717) is 15.1 Å². The van der Waals surface area contributed by atoms with Crippen molar-refractivity contribution in [2.45, 2.75) is 12.5 Å². The van der Waals surface area contributed by atoms with Crippen molar-refractivity contribution in [2.24, 2.45) is 0 Å². The van der Waals surface area contributed by atoms with Crippen molar-refractivity contribution in [3.8, 4) is 0 Å². The Bertz CT molecular complexity index is 613. The highest BCUT2D eigenvalue weighted by atomic mass is 35.5. The van der Waals surface area contributed by atoms with Crippen LogP contribution in [0.4, 0.5) is 5.69 Å². The van der Waals surface area contributed by atoms with Crippen LogP contribution in [0.3, 0.4) is 0 Å². The monoisotopic (exact) mass is 330 g/mol. The van der Waals surface area contributed by atoms with Gasteiger partial charge in [0.15, 0.2) is 0 Å². The number of hydrogen-bond acceptors (Lipinski definition) is 4. The maximum atomic E-state index is 10.6. The summed E-state index contributed by atoms with van der Waals surface area (Å²) < 4.78 is 1.31. The molecule has 1 atom stereocenters. The molecule has 1 unspecified atom stereocenters. The molecule has 0 saturated carbocycles. The van der Waals surface area contributed by atoms with Gasteiger partial charge in [0.2, 0.25) is 0 Å². The van der Waals surface area contributed by atoms with Crippen LogP contribution in [0.1, 0.15) is 17.2 Å². The number of likely N-dealkylation sites (N-methyl/N-ethyl adjacent to an activating group) is 1. The normalized spacial score (nSPS) is 12.3. The summed E-state index contributed by atoms with van der Waals surface area (Å²) in [6.07, 6.45) is 0.682. The Hall–Kier alpha value is -1.14. The second-order valence-electron chi connectivity index (χ2n) is 4.25. The zero-order chi connectivity index (χ0) is 14.7. The minimum absolute atomic E-state index is 0.0210. The third-order valence-corrected chi connectivity index (χ3v) is 4.51. The van der Waals surface area contributed by atoms with Crippen LogP contribution in [0.15, 0.2) is 30.3 Å². The minimum Gasteiger partial charge on any atom is -0.313 e. The van der Waals surface area contributed by atoms with E-state index >= 15 is 0 Å². The number of nitrogens with zero attached hydrogens (tertiary/aromatic N) is 1. The topological polar surface area (TPSA) is 55.2 Å². The number of nitrogens with one attached hydrogen (secondary N) is 1. The Morgan fingerprint density at radius 3 is 2.45 bits per heavy atom. The number of non-ortho nitro benzene ring substituents is 1. The fourth-order valence-electron chi connectivity index (χ4n) is 1.95. The van der Waals surface area contributed by atoms with Gasteiger partial charge < -0.3 is 5.32 Å². The molecule has 0 spiro atoms. The lowest BCUT2D eigenvalue weighted by atomic mass is 10.0. The highest BCUT2D eigenvalue weighted by Crippen LogP contribution is 2.36. The molecule has 0 radical (unpaired) electrons. The van der Waals surface area contributed by atoms with Crippen LogP contribution in [0.2, 0.25) is 8.67 Å². The van der Waals surface area contributed by atoms with Crippen molar-refractivity contribution in [3.63, 3.8) is 0 Å². The summed E-state index contributed by atoms with van der Waals surface area (Å²) in [5.74, 6) is 0. The largest absolute Gasteiger partial charge is 0.313 e. The molecule has 0 aliphatic carbocycles. The molecule has 2 aromatic rings. The first kappa shape index (κ1) is 15.3. The van der Waals surface area contributed by atoms with E-state index in [1.165, 1.54) is 23.5 Å². The molecule has 20 heavy (non-hydrogen) atoms. The summed E-state index contributed by atoms with van der Waals surface area (Å²) in [7, 11) is 1.85. The lowest BCUT2D eigenvalue weighted by Crippen LogP contribution is -2.18. The number of rotatable bonds is 5. The van der Waals surface area contributed by atoms with Crippen LogP contribution in [-0.4, -0.2) is 12.0 Å². The predicted octanol–water partition coefficient (Wildman–Crippen LogP) is 4.47. The van der Waals surface area contributed by atoms with Gasteiger partial charge in [-0.15, -0.1) is 11.3 Å². The molecule has 0 bridgehead atoms. The molecular formula is C13H12Cl2N2O2S. The van der Waals surface area contributed by atoms with Gasteiger partial charge in [0, 0.05) is 23.7 Å². The van der Waals surface area contributed by atoms with Gasteiger partial charge in [-0.25, -0.2) is 0 Å². The maximum Gasteiger partial charge on any atom is 0.269 e. The summed E-state index contributed by atoms with van der Waals surface area (Å²) >= 11 is 13.4. The second-order valence-corrected chi connectivity index (χ2v) is 6.53. The highest BCUT2D eigenvalue weighted by Gasteiger charge is 2.17. The Balaban J connectivity index is 2.18. The molecule has 0 aliphatic heterocycles. The smallest absolute Gasteiger partial charge is 0.269 e. The summed E-state index contributed by atoms with van der Waals surface area (Å²) in [6.45, 7) is 0. The van der Waals surface area contributed by atoms with Crippen LogP contribution in [0.25, 0.3) is 0 Å². The van der Waals surface area contributed by atoms with Crippen molar-refractivity contribution in [3.05, 3.63) is 60.2 Å². The fraction of sp³-hybridized carbons (Fsp3) is 0.231. The molecule has 0 amide bonds. The lowest BCUT2D eigenvalue weighted by Gasteiger charge is -2.15. The van der Waals surface area contributed by atoms with Crippen molar-refractivity contribution in [1.82, 2.24) is 5.32 Å². The first-order valence-electron chi connectivity index (χ1n) is 5.86. The lowest BCUT2D eigenvalue weighted by molar-refractivity contribution is -0.384. The predicted molar refractivity (Wildman–Crippen MR) is 82.9 cm³/mol. The average Bonchev–Trinajstić information content (AvgIpc) is 2.75. The Morgan fingerprint density at radius 2 is 2.00 bits per heavy atom. The second kappa shape index (κ2) is 6.54. The molecular weight excluding hydrogens is 319 g/mol. The van der Waals surface area contributed by atoms with E-state index in [1.54, 1.807) is 12.1 Å². The van der Waals surface area contributed by atoms with Gasteiger partial charge in [0.25, 0.3) is 5.69 Å². The Morgan fingerprint density at radius 1 is 1.35 bits per heavy atom. The number of hydrogen-bond donors (Lipinski definition) is 1. The van der Waals surface area contributed by atoms with Crippen LogP contribution in [-0.2, 0) is 6.42 Å². The summed E-state index contributed by atoms with van der Waals surface area (Å²) in [5, 5.41) is 13.8. The first-order valence-corrected chi connectivity index (χ1v) is 7.44. The number of thiophene rings is 1. The average molecular weight is 331 g/mol. The van der Waals surface area contributed by atoms with Gasteiger partial charge in [0.1, 0.15) is 0 Å². The molecule has 0 fully saturated rings. The molecule has 1 aromatic heterocycles. The molecule has 0 saturated heterocycles. The summed E-state index contributed by atoms with van der Waals surface area (Å²) in [4.78, 5) is 10.2. The molecule has 1 N–H and O–H groups in total. The van der Waals surface area contributed by atoms with Crippen molar-refractivity contribution < 1.29 is 4.92 Å². The third kappa shape index (κ3) is 3.49. The van der Waals surface area contributed by atoms with Gasteiger partial charge in [-0.3, -0.25) is 10.1 Å². The summed E-state index contributed by atoms with van der Waals surface area (Å²) in [6, 6.07) is 8.39. The Kier molecular flexibility index (Phi) is 4.99. The molecule has 1 aromatic carbocycles. The first-order chi connectivity index (χ1) is 9.51. The number of nitro groups is 1. The minimum atomic E-state index is -0.408. The maximum absolute atomic E-state index is 10.6. The molecule has 7 heteroatoms. The summed E-state index contributed by atoms with van der Waals surface area (Å²) in [5.41, 5.74) is 2.03. The molecule has 4 nitrogen and oxygen atoms in total. The quantitative estimate of drug-likeness (QED) is 0.650. The van der Waals surface area contributed by atoms with Crippen molar-refractivity contribution >= 4 is 40.2 Å².